The Labute approximate surface area is 191 Å². The SMILES string of the molecule is CNC[C@@H]1CCCC[C@@H]1N1CCn2cc(CNCc3ccc(F)cc3F)c(=O)c(O)c2C1=O. The van der Waals surface area contributed by atoms with Crippen LogP contribution in [0.3, 0.4) is 0 Å². The van der Waals surface area contributed by atoms with Crippen molar-refractivity contribution in [1.82, 2.24) is 20.1 Å². The highest BCUT2D eigenvalue weighted by molar-refractivity contribution is 5.96. The van der Waals surface area contributed by atoms with Crippen molar-refractivity contribution in [3.63, 3.8) is 0 Å². The Morgan fingerprint density at radius 3 is 2.61 bits per heavy atom. The molecule has 0 bridgehead atoms. The highest BCUT2D eigenvalue weighted by atomic mass is 19.1. The van der Waals surface area contributed by atoms with Crippen molar-refractivity contribution in [2.24, 2.45) is 5.92 Å². The van der Waals surface area contributed by atoms with Gasteiger partial charge in [-0.3, -0.25) is 9.59 Å². The maximum atomic E-state index is 13.8. The molecular formula is C24H30F2N4O3. The predicted molar refractivity (Wildman–Crippen MR) is 120 cm³/mol. The summed E-state index contributed by atoms with van der Waals surface area (Å²) in [7, 11) is 1.91. The van der Waals surface area contributed by atoms with Crippen molar-refractivity contribution in [2.45, 2.75) is 51.4 Å². The van der Waals surface area contributed by atoms with E-state index in [9.17, 15) is 23.5 Å². The zero-order valence-electron chi connectivity index (χ0n) is 18.7. The van der Waals surface area contributed by atoms with Gasteiger partial charge in [0.15, 0.2) is 11.4 Å². The molecule has 33 heavy (non-hydrogen) atoms. The van der Waals surface area contributed by atoms with Gasteiger partial charge in [-0.05, 0) is 38.4 Å². The summed E-state index contributed by atoms with van der Waals surface area (Å²) in [5.74, 6) is -1.83. The summed E-state index contributed by atoms with van der Waals surface area (Å²) in [5, 5.41) is 16.8. The van der Waals surface area contributed by atoms with Gasteiger partial charge < -0.3 is 25.2 Å². The number of nitrogens with zero attached hydrogens (tertiary/aromatic N) is 2. The van der Waals surface area contributed by atoms with E-state index in [0.717, 1.165) is 38.3 Å². The van der Waals surface area contributed by atoms with Gasteiger partial charge in [-0.15, -0.1) is 0 Å². The zero-order chi connectivity index (χ0) is 23.5. The van der Waals surface area contributed by atoms with Gasteiger partial charge >= 0.3 is 0 Å². The van der Waals surface area contributed by atoms with Crippen molar-refractivity contribution in [1.29, 1.82) is 0 Å². The topological polar surface area (TPSA) is 86.6 Å². The van der Waals surface area contributed by atoms with Crippen LogP contribution in [0.5, 0.6) is 5.75 Å². The molecule has 1 amide bonds. The molecule has 2 heterocycles. The van der Waals surface area contributed by atoms with Gasteiger partial charge in [0.25, 0.3) is 5.91 Å². The number of pyridine rings is 1. The van der Waals surface area contributed by atoms with E-state index in [4.69, 9.17) is 0 Å². The molecule has 178 valence electrons. The number of hydrogen-bond donors (Lipinski definition) is 3. The lowest BCUT2D eigenvalue weighted by atomic mass is 9.83. The van der Waals surface area contributed by atoms with E-state index in [2.05, 4.69) is 10.6 Å². The third-order valence-electron chi connectivity index (χ3n) is 6.76. The maximum Gasteiger partial charge on any atom is 0.274 e. The van der Waals surface area contributed by atoms with E-state index in [0.29, 0.717) is 19.0 Å². The standard InChI is InChI=1S/C24H30F2N4O3/c1-27-11-16-4-2-3-5-20(16)30-9-8-29-14-17(22(31)23(32)21(29)24(30)33)13-28-12-15-6-7-18(25)10-19(15)26/h6-7,10,14,16,20,27-28,32H,2-5,8-9,11-13H2,1H3/t16-,20-/m0/s1. The third-order valence-corrected chi connectivity index (χ3v) is 6.76. The van der Waals surface area contributed by atoms with Crippen LogP contribution < -0.4 is 16.1 Å². The second-order valence-electron chi connectivity index (χ2n) is 8.88. The molecule has 1 aromatic heterocycles. The molecule has 0 spiro atoms. The van der Waals surface area contributed by atoms with E-state index in [1.165, 1.54) is 12.1 Å². The summed E-state index contributed by atoms with van der Waals surface area (Å²) in [6.45, 7) is 2.00. The van der Waals surface area contributed by atoms with E-state index in [1.54, 1.807) is 10.8 Å². The molecule has 2 aromatic rings. The fourth-order valence-corrected chi connectivity index (χ4v) is 5.10. The molecule has 1 aromatic carbocycles. The molecule has 0 radical (unpaired) electrons. The van der Waals surface area contributed by atoms with Gasteiger partial charge in [0.1, 0.15) is 11.6 Å². The molecule has 1 aliphatic heterocycles. The van der Waals surface area contributed by atoms with Crippen LogP contribution in [0.25, 0.3) is 0 Å². The lowest BCUT2D eigenvalue weighted by molar-refractivity contribution is 0.0460. The van der Waals surface area contributed by atoms with Gasteiger partial charge in [0, 0.05) is 55.6 Å². The number of carbonyl (C=O) groups is 1. The van der Waals surface area contributed by atoms with Crippen LogP contribution in [0, 0.1) is 17.6 Å². The van der Waals surface area contributed by atoms with Gasteiger partial charge in [0.05, 0.1) is 0 Å². The molecule has 9 heteroatoms. The summed E-state index contributed by atoms with van der Waals surface area (Å²) >= 11 is 0. The number of nitrogens with one attached hydrogen (secondary N) is 2. The number of amides is 1. The lowest BCUT2D eigenvalue weighted by Gasteiger charge is -2.42. The number of aromatic hydroxyl groups is 1. The smallest absolute Gasteiger partial charge is 0.274 e. The van der Waals surface area contributed by atoms with E-state index in [1.807, 2.05) is 11.9 Å². The molecule has 2 atom stereocenters. The Balaban J connectivity index is 1.51. The number of hydrogen-bond acceptors (Lipinski definition) is 5. The normalized spacial score (nSPS) is 20.7. The molecule has 1 aliphatic carbocycles. The van der Waals surface area contributed by atoms with Gasteiger partial charge in [0.2, 0.25) is 5.43 Å². The average Bonchev–Trinajstić information content (AvgIpc) is 2.79. The Hall–Kier alpha value is -2.78. The summed E-state index contributed by atoms with van der Waals surface area (Å²) < 4.78 is 28.5. The van der Waals surface area contributed by atoms with Crippen molar-refractivity contribution in [2.75, 3.05) is 20.1 Å². The van der Waals surface area contributed by atoms with Gasteiger partial charge in [-0.25, -0.2) is 8.78 Å². The lowest BCUT2D eigenvalue weighted by Crippen LogP contribution is -2.52. The largest absolute Gasteiger partial charge is 0.503 e. The van der Waals surface area contributed by atoms with Crippen molar-refractivity contribution >= 4 is 5.91 Å². The van der Waals surface area contributed by atoms with Crippen LogP contribution >= 0.6 is 0 Å². The zero-order valence-corrected chi connectivity index (χ0v) is 18.7. The van der Waals surface area contributed by atoms with Crippen LogP contribution in [0.1, 0.15) is 47.3 Å². The summed E-state index contributed by atoms with van der Waals surface area (Å²) in [6, 6.07) is 3.41. The van der Waals surface area contributed by atoms with Gasteiger partial charge in [-0.2, -0.15) is 0 Å². The van der Waals surface area contributed by atoms with E-state index < -0.39 is 22.8 Å². The quantitative estimate of drug-likeness (QED) is 0.591. The van der Waals surface area contributed by atoms with Crippen LogP contribution in [-0.2, 0) is 19.6 Å². The minimum atomic E-state index is -0.669. The number of benzene rings is 1. The molecule has 1 saturated carbocycles. The first-order valence-electron chi connectivity index (χ1n) is 11.5. The molecular weight excluding hydrogens is 430 g/mol. The number of carbonyl (C=O) groups excluding carboxylic acids is 1. The molecule has 0 saturated heterocycles. The van der Waals surface area contributed by atoms with Crippen LogP contribution in [0.2, 0.25) is 0 Å². The molecule has 7 nitrogen and oxygen atoms in total. The highest BCUT2D eigenvalue weighted by Crippen LogP contribution is 2.31. The number of rotatable bonds is 7. The number of fused-ring (bicyclic) bond motifs is 1. The molecule has 3 N–H and O–H groups in total. The number of aromatic nitrogens is 1. The first-order valence-corrected chi connectivity index (χ1v) is 11.5. The van der Waals surface area contributed by atoms with Crippen LogP contribution in [0.4, 0.5) is 8.78 Å². The van der Waals surface area contributed by atoms with Crippen LogP contribution in [-0.4, -0.2) is 46.7 Å². The van der Waals surface area contributed by atoms with E-state index in [-0.39, 0.29) is 41.9 Å². The molecule has 0 unspecified atom stereocenters. The first-order chi connectivity index (χ1) is 15.9. The fourth-order valence-electron chi connectivity index (χ4n) is 5.10. The minimum Gasteiger partial charge on any atom is -0.503 e. The predicted octanol–water partition coefficient (Wildman–Crippen LogP) is 2.36. The Morgan fingerprint density at radius 2 is 1.85 bits per heavy atom. The molecule has 1 fully saturated rings. The highest BCUT2D eigenvalue weighted by Gasteiger charge is 2.37. The Morgan fingerprint density at radius 1 is 1.09 bits per heavy atom. The monoisotopic (exact) mass is 460 g/mol. The summed E-state index contributed by atoms with van der Waals surface area (Å²) in [4.78, 5) is 27.9. The molecule has 2 aliphatic rings. The van der Waals surface area contributed by atoms with Crippen LogP contribution in [0.15, 0.2) is 29.2 Å². The molecule has 4 rings (SSSR count). The van der Waals surface area contributed by atoms with Crippen molar-refractivity contribution < 1.29 is 18.7 Å². The third kappa shape index (κ3) is 4.79. The summed E-state index contributed by atoms with van der Waals surface area (Å²) in [5.41, 5.74) is -0.0221. The minimum absolute atomic E-state index is 0.0355. The second-order valence-corrected chi connectivity index (χ2v) is 8.88. The maximum absolute atomic E-state index is 13.8. The average molecular weight is 461 g/mol. The Bertz CT molecular complexity index is 1090. The first kappa shape index (κ1) is 23.4. The van der Waals surface area contributed by atoms with E-state index >= 15 is 0 Å². The summed E-state index contributed by atoms with van der Waals surface area (Å²) in [6.07, 6.45) is 5.77. The van der Waals surface area contributed by atoms with Crippen molar-refractivity contribution in [3.05, 3.63) is 63.1 Å². The van der Waals surface area contributed by atoms with Crippen molar-refractivity contribution in [3.8, 4) is 5.75 Å². The second kappa shape index (κ2) is 10.0. The number of halogens is 2. The Kier molecular flexibility index (Phi) is 7.09. The van der Waals surface area contributed by atoms with Gasteiger partial charge in [-0.1, -0.05) is 18.9 Å². The fraction of sp³-hybridized carbons (Fsp3) is 0.500.